The predicted octanol–water partition coefficient (Wildman–Crippen LogP) is 0.778. The standard InChI is InChI=1S/C9H15ClN4O/c1-15-7-6-11-4-5-12-9-3-2-8(10)13-14-9/h2-3,11H,4-7H2,1H3,(H,12,14). The number of ether oxygens (including phenoxy) is 1. The molecule has 0 saturated heterocycles. The van der Waals surface area contributed by atoms with Gasteiger partial charge in [0.05, 0.1) is 6.61 Å². The Morgan fingerprint density at radius 2 is 2.13 bits per heavy atom. The van der Waals surface area contributed by atoms with Crippen LogP contribution in [0.5, 0.6) is 0 Å². The van der Waals surface area contributed by atoms with Gasteiger partial charge in [-0.05, 0) is 12.1 Å². The highest BCUT2D eigenvalue weighted by molar-refractivity contribution is 6.29. The second-order valence-corrected chi connectivity index (χ2v) is 3.30. The minimum absolute atomic E-state index is 0.402. The molecule has 0 atom stereocenters. The van der Waals surface area contributed by atoms with Gasteiger partial charge in [0.15, 0.2) is 5.15 Å². The SMILES string of the molecule is COCCNCCNc1ccc(Cl)nn1. The molecule has 0 aliphatic heterocycles. The monoisotopic (exact) mass is 230 g/mol. The van der Waals surface area contributed by atoms with Gasteiger partial charge in [0, 0.05) is 26.7 Å². The maximum absolute atomic E-state index is 5.60. The summed E-state index contributed by atoms with van der Waals surface area (Å²) < 4.78 is 4.90. The number of aromatic nitrogens is 2. The van der Waals surface area contributed by atoms with Gasteiger partial charge in [-0.15, -0.1) is 10.2 Å². The first kappa shape index (κ1) is 12.2. The van der Waals surface area contributed by atoms with Crippen molar-refractivity contribution in [1.82, 2.24) is 15.5 Å². The first-order valence-electron chi connectivity index (χ1n) is 4.75. The van der Waals surface area contributed by atoms with Gasteiger partial charge in [0.2, 0.25) is 0 Å². The Bertz CT molecular complexity index is 267. The lowest BCUT2D eigenvalue weighted by atomic mass is 10.5. The third-order valence-corrected chi connectivity index (χ3v) is 1.92. The highest BCUT2D eigenvalue weighted by Crippen LogP contribution is 2.04. The van der Waals surface area contributed by atoms with Crippen LogP contribution in [0.4, 0.5) is 5.82 Å². The van der Waals surface area contributed by atoms with Crippen molar-refractivity contribution in [3.63, 3.8) is 0 Å². The quantitative estimate of drug-likeness (QED) is 0.678. The van der Waals surface area contributed by atoms with Crippen LogP contribution in [0.1, 0.15) is 0 Å². The zero-order valence-electron chi connectivity index (χ0n) is 8.66. The minimum atomic E-state index is 0.402. The number of nitrogens with one attached hydrogen (secondary N) is 2. The fourth-order valence-corrected chi connectivity index (χ4v) is 1.09. The molecule has 0 radical (unpaired) electrons. The van der Waals surface area contributed by atoms with Gasteiger partial charge in [-0.25, -0.2) is 0 Å². The lowest BCUT2D eigenvalue weighted by Gasteiger charge is -2.05. The number of anilines is 1. The molecule has 0 aliphatic rings. The molecule has 0 aliphatic carbocycles. The average Bonchev–Trinajstić information content (AvgIpc) is 2.26. The van der Waals surface area contributed by atoms with Crippen molar-refractivity contribution >= 4 is 17.4 Å². The molecule has 1 aromatic heterocycles. The fourth-order valence-electron chi connectivity index (χ4n) is 0.988. The molecule has 0 unspecified atom stereocenters. The van der Waals surface area contributed by atoms with E-state index in [9.17, 15) is 0 Å². The summed E-state index contributed by atoms with van der Waals surface area (Å²) in [5.74, 6) is 0.730. The summed E-state index contributed by atoms with van der Waals surface area (Å²) in [4.78, 5) is 0. The molecule has 1 aromatic rings. The van der Waals surface area contributed by atoms with Gasteiger partial charge < -0.3 is 15.4 Å². The van der Waals surface area contributed by atoms with E-state index in [1.165, 1.54) is 0 Å². The van der Waals surface area contributed by atoms with E-state index in [-0.39, 0.29) is 0 Å². The van der Waals surface area contributed by atoms with Crippen molar-refractivity contribution in [3.8, 4) is 0 Å². The lowest BCUT2D eigenvalue weighted by Crippen LogP contribution is -2.25. The second kappa shape index (κ2) is 7.39. The van der Waals surface area contributed by atoms with Gasteiger partial charge in [0.1, 0.15) is 5.82 Å². The first-order valence-corrected chi connectivity index (χ1v) is 5.13. The summed E-state index contributed by atoms with van der Waals surface area (Å²) in [6.45, 7) is 3.22. The molecule has 15 heavy (non-hydrogen) atoms. The summed E-state index contributed by atoms with van der Waals surface area (Å²) in [7, 11) is 1.68. The molecule has 1 heterocycles. The van der Waals surface area contributed by atoms with Crippen molar-refractivity contribution in [1.29, 1.82) is 0 Å². The van der Waals surface area contributed by atoms with E-state index in [1.54, 1.807) is 19.2 Å². The summed E-state index contributed by atoms with van der Waals surface area (Å²) in [5.41, 5.74) is 0. The lowest BCUT2D eigenvalue weighted by molar-refractivity contribution is 0.200. The Hall–Kier alpha value is -0.910. The van der Waals surface area contributed by atoms with Gasteiger partial charge >= 0.3 is 0 Å². The van der Waals surface area contributed by atoms with E-state index < -0.39 is 0 Å². The van der Waals surface area contributed by atoms with E-state index in [0.29, 0.717) is 5.15 Å². The normalized spacial score (nSPS) is 10.3. The number of nitrogens with zero attached hydrogens (tertiary/aromatic N) is 2. The van der Waals surface area contributed by atoms with Gasteiger partial charge in [-0.1, -0.05) is 11.6 Å². The van der Waals surface area contributed by atoms with Crippen LogP contribution < -0.4 is 10.6 Å². The van der Waals surface area contributed by atoms with E-state index in [4.69, 9.17) is 16.3 Å². The molecule has 5 nitrogen and oxygen atoms in total. The van der Waals surface area contributed by atoms with Crippen LogP contribution in [0, 0.1) is 0 Å². The molecular formula is C9H15ClN4O. The third-order valence-electron chi connectivity index (χ3n) is 1.72. The Morgan fingerprint density at radius 1 is 1.27 bits per heavy atom. The van der Waals surface area contributed by atoms with Crippen LogP contribution >= 0.6 is 11.6 Å². The van der Waals surface area contributed by atoms with Crippen LogP contribution in [0.25, 0.3) is 0 Å². The van der Waals surface area contributed by atoms with E-state index in [0.717, 1.165) is 32.1 Å². The van der Waals surface area contributed by atoms with Crippen molar-refractivity contribution in [2.24, 2.45) is 0 Å². The van der Waals surface area contributed by atoms with Gasteiger partial charge in [-0.2, -0.15) is 0 Å². The van der Waals surface area contributed by atoms with Crippen molar-refractivity contribution in [2.45, 2.75) is 0 Å². The predicted molar refractivity (Wildman–Crippen MR) is 60.3 cm³/mol. The molecule has 0 saturated carbocycles. The van der Waals surface area contributed by atoms with Gasteiger partial charge in [-0.3, -0.25) is 0 Å². The second-order valence-electron chi connectivity index (χ2n) is 2.91. The van der Waals surface area contributed by atoms with Crippen LogP contribution in [0.2, 0.25) is 5.15 Å². The Labute approximate surface area is 94.2 Å². The van der Waals surface area contributed by atoms with Crippen molar-refractivity contribution in [3.05, 3.63) is 17.3 Å². The number of methoxy groups -OCH3 is 1. The number of hydrogen-bond donors (Lipinski definition) is 2. The Balaban J connectivity index is 2.07. The van der Waals surface area contributed by atoms with E-state index >= 15 is 0 Å². The zero-order chi connectivity index (χ0) is 10.9. The molecular weight excluding hydrogens is 216 g/mol. The van der Waals surface area contributed by atoms with E-state index in [1.807, 2.05) is 0 Å². The summed E-state index contributed by atoms with van der Waals surface area (Å²) >= 11 is 5.60. The molecule has 0 fully saturated rings. The number of hydrogen-bond acceptors (Lipinski definition) is 5. The maximum atomic E-state index is 5.60. The average molecular weight is 231 g/mol. The van der Waals surface area contributed by atoms with Crippen molar-refractivity contribution in [2.75, 3.05) is 38.7 Å². The molecule has 0 aromatic carbocycles. The Morgan fingerprint density at radius 3 is 2.80 bits per heavy atom. The Kier molecular flexibility index (Phi) is 5.99. The van der Waals surface area contributed by atoms with Crippen LogP contribution in [0.15, 0.2) is 12.1 Å². The molecule has 2 N–H and O–H groups in total. The number of rotatable bonds is 7. The van der Waals surface area contributed by atoms with Crippen molar-refractivity contribution < 1.29 is 4.74 Å². The molecule has 0 spiro atoms. The topological polar surface area (TPSA) is 59.1 Å². The fraction of sp³-hybridized carbons (Fsp3) is 0.556. The maximum Gasteiger partial charge on any atom is 0.151 e. The van der Waals surface area contributed by atoms with Crippen LogP contribution in [-0.2, 0) is 4.74 Å². The van der Waals surface area contributed by atoms with Gasteiger partial charge in [0.25, 0.3) is 0 Å². The zero-order valence-corrected chi connectivity index (χ0v) is 9.42. The highest BCUT2D eigenvalue weighted by Gasteiger charge is 1.93. The summed E-state index contributed by atoms with van der Waals surface area (Å²) in [6.07, 6.45) is 0. The first-order chi connectivity index (χ1) is 7.33. The summed E-state index contributed by atoms with van der Waals surface area (Å²) in [5, 5.41) is 14.3. The number of halogens is 1. The summed E-state index contributed by atoms with van der Waals surface area (Å²) in [6, 6.07) is 3.50. The highest BCUT2D eigenvalue weighted by atomic mass is 35.5. The molecule has 0 amide bonds. The van der Waals surface area contributed by atoms with E-state index in [2.05, 4.69) is 20.8 Å². The minimum Gasteiger partial charge on any atom is -0.383 e. The van der Waals surface area contributed by atoms with Crippen LogP contribution in [0.3, 0.4) is 0 Å². The smallest absolute Gasteiger partial charge is 0.151 e. The molecule has 0 bridgehead atoms. The molecule has 6 heteroatoms. The third kappa shape index (κ3) is 5.51. The molecule has 84 valence electrons. The largest absolute Gasteiger partial charge is 0.383 e. The van der Waals surface area contributed by atoms with Crippen LogP contribution in [-0.4, -0.2) is 43.5 Å². The molecule has 1 rings (SSSR count).